The van der Waals surface area contributed by atoms with Gasteiger partial charge in [0.25, 0.3) is 0 Å². The third-order valence-corrected chi connectivity index (χ3v) is 4.92. The van der Waals surface area contributed by atoms with Gasteiger partial charge in [0, 0.05) is 11.1 Å². The lowest BCUT2D eigenvalue weighted by Gasteiger charge is -2.35. The molecule has 0 aromatic heterocycles. The second kappa shape index (κ2) is 7.42. The van der Waals surface area contributed by atoms with Crippen molar-refractivity contribution in [1.29, 1.82) is 0 Å². The predicted molar refractivity (Wildman–Crippen MR) is 83.6 cm³/mol. The number of hydrogen-bond donors (Lipinski definition) is 1. The van der Waals surface area contributed by atoms with E-state index < -0.39 is 0 Å². The second-order valence-electron chi connectivity index (χ2n) is 5.90. The molecule has 1 aliphatic rings. The van der Waals surface area contributed by atoms with E-state index in [2.05, 4.69) is 19.2 Å². The summed E-state index contributed by atoms with van der Waals surface area (Å²) in [5.74, 6) is 1.18. The zero-order chi connectivity index (χ0) is 14.5. The number of nitrogens with one attached hydrogen (secondary N) is 1. The third kappa shape index (κ3) is 3.73. The molecule has 1 aliphatic carbocycles. The molecule has 0 saturated heterocycles. The average Bonchev–Trinajstić information content (AvgIpc) is 2.45. The van der Waals surface area contributed by atoms with Crippen LogP contribution in [0.3, 0.4) is 0 Å². The molecule has 0 spiro atoms. The smallest absolute Gasteiger partial charge is 0.124 e. The van der Waals surface area contributed by atoms with Crippen molar-refractivity contribution in [3.8, 4) is 0 Å². The first-order valence-electron chi connectivity index (χ1n) is 7.84. The third-order valence-electron chi connectivity index (χ3n) is 4.59. The molecular weight excluding hydrogens is 273 g/mol. The van der Waals surface area contributed by atoms with Gasteiger partial charge in [0.1, 0.15) is 5.82 Å². The van der Waals surface area contributed by atoms with Gasteiger partial charge in [-0.1, -0.05) is 50.8 Å². The molecule has 0 heterocycles. The lowest BCUT2D eigenvalue weighted by Crippen LogP contribution is -2.31. The molecule has 1 nitrogen and oxygen atoms in total. The lowest BCUT2D eigenvalue weighted by atomic mass is 9.75. The van der Waals surface area contributed by atoms with Crippen LogP contribution in [-0.4, -0.2) is 6.54 Å². The minimum atomic E-state index is -0.260. The quantitative estimate of drug-likeness (QED) is 0.773. The molecule has 1 N–H and O–H groups in total. The zero-order valence-electron chi connectivity index (χ0n) is 12.5. The summed E-state index contributed by atoms with van der Waals surface area (Å²) in [6.45, 7) is 5.30. The first-order chi connectivity index (χ1) is 9.65. The molecule has 0 amide bonds. The number of halogens is 2. The molecule has 1 saturated carbocycles. The molecule has 0 aliphatic heterocycles. The van der Waals surface area contributed by atoms with E-state index in [1.54, 1.807) is 0 Å². The summed E-state index contributed by atoms with van der Waals surface area (Å²) in [4.78, 5) is 0. The molecule has 3 heteroatoms. The summed E-state index contributed by atoms with van der Waals surface area (Å²) in [7, 11) is 0. The van der Waals surface area contributed by atoms with Crippen LogP contribution in [0, 0.1) is 17.7 Å². The maximum Gasteiger partial charge on any atom is 0.124 e. The van der Waals surface area contributed by atoms with Crippen LogP contribution in [0.5, 0.6) is 0 Å². The normalized spacial score (nSPS) is 24.6. The van der Waals surface area contributed by atoms with Crippen LogP contribution in [0.25, 0.3) is 0 Å². The Morgan fingerprint density at radius 1 is 1.35 bits per heavy atom. The highest BCUT2D eigenvalue weighted by Gasteiger charge is 2.29. The van der Waals surface area contributed by atoms with Crippen LogP contribution in [0.4, 0.5) is 4.39 Å². The summed E-state index contributed by atoms with van der Waals surface area (Å²) < 4.78 is 13.3. The van der Waals surface area contributed by atoms with E-state index in [1.165, 1.54) is 44.2 Å². The van der Waals surface area contributed by atoms with Crippen molar-refractivity contribution in [1.82, 2.24) is 5.32 Å². The fourth-order valence-electron chi connectivity index (χ4n) is 3.51. The lowest BCUT2D eigenvalue weighted by molar-refractivity contribution is 0.210. The summed E-state index contributed by atoms with van der Waals surface area (Å²) in [6, 6.07) is 5.05. The maximum absolute atomic E-state index is 13.3. The van der Waals surface area contributed by atoms with Crippen LogP contribution < -0.4 is 5.32 Å². The van der Waals surface area contributed by atoms with Gasteiger partial charge in [-0.2, -0.15) is 0 Å². The minimum Gasteiger partial charge on any atom is -0.310 e. The Bertz CT molecular complexity index is 435. The van der Waals surface area contributed by atoms with Crippen molar-refractivity contribution in [2.75, 3.05) is 6.54 Å². The van der Waals surface area contributed by atoms with Gasteiger partial charge in [0.15, 0.2) is 0 Å². The van der Waals surface area contributed by atoms with E-state index in [0.717, 1.165) is 18.0 Å². The van der Waals surface area contributed by atoms with Crippen LogP contribution >= 0.6 is 11.6 Å². The number of benzene rings is 1. The van der Waals surface area contributed by atoms with Crippen LogP contribution in [0.15, 0.2) is 18.2 Å². The fraction of sp³-hybridized carbons (Fsp3) is 0.647. The van der Waals surface area contributed by atoms with Crippen LogP contribution in [-0.2, 0) is 0 Å². The molecule has 1 aromatic carbocycles. The molecule has 20 heavy (non-hydrogen) atoms. The zero-order valence-corrected chi connectivity index (χ0v) is 13.2. The Morgan fingerprint density at radius 2 is 2.15 bits per heavy atom. The molecule has 2 rings (SSSR count). The summed E-state index contributed by atoms with van der Waals surface area (Å²) in [5, 5.41) is 4.12. The Kier molecular flexibility index (Phi) is 5.86. The van der Waals surface area contributed by atoms with Gasteiger partial charge < -0.3 is 5.32 Å². The Morgan fingerprint density at radius 3 is 2.80 bits per heavy atom. The highest BCUT2D eigenvalue weighted by molar-refractivity contribution is 6.31. The van der Waals surface area contributed by atoms with Crippen molar-refractivity contribution in [3.63, 3.8) is 0 Å². The van der Waals surface area contributed by atoms with Crippen molar-refractivity contribution >= 4 is 11.6 Å². The van der Waals surface area contributed by atoms with Gasteiger partial charge in [-0.05, 0) is 48.9 Å². The van der Waals surface area contributed by atoms with Crippen molar-refractivity contribution in [2.45, 2.75) is 52.0 Å². The molecule has 3 atom stereocenters. The van der Waals surface area contributed by atoms with Gasteiger partial charge in [0.2, 0.25) is 0 Å². The van der Waals surface area contributed by atoms with Crippen LogP contribution in [0.1, 0.15) is 57.6 Å². The van der Waals surface area contributed by atoms with Gasteiger partial charge >= 0.3 is 0 Å². The second-order valence-corrected chi connectivity index (χ2v) is 6.31. The first-order valence-corrected chi connectivity index (χ1v) is 8.21. The van der Waals surface area contributed by atoms with E-state index in [9.17, 15) is 4.39 Å². The molecule has 1 fully saturated rings. The molecular formula is C17H25ClFN. The Hall–Kier alpha value is -0.600. The van der Waals surface area contributed by atoms with E-state index in [-0.39, 0.29) is 11.9 Å². The summed E-state index contributed by atoms with van der Waals surface area (Å²) in [5.41, 5.74) is 1.05. The largest absolute Gasteiger partial charge is 0.310 e. The highest BCUT2D eigenvalue weighted by atomic mass is 35.5. The van der Waals surface area contributed by atoms with Gasteiger partial charge in [-0.15, -0.1) is 0 Å². The van der Waals surface area contributed by atoms with Crippen molar-refractivity contribution in [2.24, 2.45) is 11.8 Å². The Balaban J connectivity index is 2.21. The van der Waals surface area contributed by atoms with E-state index in [0.29, 0.717) is 10.9 Å². The molecule has 0 radical (unpaired) electrons. The molecule has 3 unspecified atom stereocenters. The molecule has 112 valence electrons. The van der Waals surface area contributed by atoms with Crippen LogP contribution in [0.2, 0.25) is 5.02 Å². The van der Waals surface area contributed by atoms with Gasteiger partial charge in [0.05, 0.1) is 0 Å². The SMILES string of the molecule is CCNC(c1ccc(F)cc1Cl)C1CCCC(CC)C1. The summed E-state index contributed by atoms with van der Waals surface area (Å²) >= 11 is 6.27. The average molecular weight is 298 g/mol. The van der Waals surface area contributed by atoms with E-state index in [4.69, 9.17) is 11.6 Å². The fourth-order valence-corrected chi connectivity index (χ4v) is 3.80. The monoisotopic (exact) mass is 297 g/mol. The van der Waals surface area contributed by atoms with E-state index >= 15 is 0 Å². The number of hydrogen-bond acceptors (Lipinski definition) is 1. The highest BCUT2D eigenvalue weighted by Crippen LogP contribution is 2.40. The molecule has 1 aromatic rings. The predicted octanol–water partition coefficient (Wildman–Crippen LogP) is 5.35. The van der Waals surface area contributed by atoms with Crippen molar-refractivity contribution < 1.29 is 4.39 Å². The standard InChI is InChI=1S/C17H25ClFN/c1-3-12-6-5-7-13(10-12)17(20-4-2)15-9-8-14(19)11-16(15)18/h8-9,11-13,17,20H,3-7,10H2,1-2H3. The minimum absolute atomic E-state index is 0.252. The van der Waals surface area contributed by atoms with Gasteiger partial charge in [-0.25, -0.2) is 4.39 Å². The Labute approximate surface area is 126 Å². The van der Waals surface area contributed by atoms with Crippen molar-refractivity contribution in [3.05, 3.63) is 34.6 Å². The first kappa shape index (κ1) is 15.8. The maximum atomic E-state index is 13.3. The summed E-state index contributed by atoms with van der Waals surface area (Å²) in [6.07, 6.45) is 6.39. The van der Waals surface area contributed by atoms with E-state index in [1.807, 2.05) is 6.07 Å². The topological polar surface area (TPSA) is 12.0 Å². The molecule has 0 bridgehead atoms. The number of rotatable bonds is 5. The van der Waals surface area contributed by atoms with Gasteiger partial charge in [-0.3, -0.25) is 0 Å².